The van der Waals surface area contributed by atoms with Crippen molar-refractivity contribution < 1.29 is 8.85 Å². The summed E-state index contributed by atoms with van der Waals surface area (Å²) in [5.74, 6) is 0. The number of rotatable bonds is 5. The molecule has 2 atom stereocenters. The van der Waals surface area contributed by atoms with Gasteiger partial charge in [0.2, 0.25) is 0 Å². The van der Waals surface area contributed by atoms with Gasteiger partial charge in [-0.2, -0.15) is 0 Å². The highest BCUT2D eigenvalue weighted by molar-refractivity contribution is 6.74. The zero-order valence-electron chi connectivity index (χ0n) is 19.0. The molecule has 0 aromatic carbocycles. The van der Waals surface area contributed by atoms with Gasteiger partial charge < -0.3 is 8.85 Å². The Balaban J connectivity index is 3.12. The highest BCUT2D eigenvalue weighted by Crippen LogP contribution is 2.44. The lowest BCUT2D eigenvalue weighted by Gasteiger charge is -2.46. The van der Waals surface area contributed by atoms with E-state index in [0.717, 1.165) is 18.4 Å². The summed E-state index contributed by atoms with van der Waals surface area (Å²) in [6.45, 7) is 31.3. The molecular formula is C22H42O2Si2. The van der Waals surface area contributed by atoms with Crippen LogP contribution in [-0.2, 0) is 8.85 Å². The Morgan fingerprint density at radius 3 is 1.46 bits per heavy atom. The number of allylic oxidation sites excluding steroid dienone is 2. The zero-order chi connectivity index (χ0) is 20.6. The van der Waals surface area contributed by atoms with E-state index in [0.29, 0.717) is 0 Å². The van der Waals surface area contributed by atoms with Crippen molar-refractivity contribution in [2.75, 3.05) is 0 Å². The van der Waals surface area contributed by atoms with Crippen molar-refractivity contribution in [1.82, 2.24) is 0 Å². The summed E-state index contributed by atoms with van der Waals surface area (Å²) in [5, 5.41) is 0.367. The van der Waals surface area contributed by atoms with Crippen LogP contribution in [0, 0.1) is 0 Å². The summed E-state index contributed by atoms with van der Waals surface area (Å²) in [5.41, 5.74) is 2.49. The molecule has 1 aliphatic rings. The second kappa shape index (κ2) is 7.90. The molecule has 0 heterocycles. The molecule has 0 aliphatic heterocycles. The van der Waals surface area contributed by atoms with E-state index >= 15 is 0 Å². The third-order valence-electron chi connectivity index (χ3n) is 6.56. The minimum atomic E-state index is -1.87. The van der Waals surface area contributed by atoms with Gasteiger partial charge in [-0.25, -0.2) is 0 Å². The van der Waals surface area contributed by atoms with Gasteiger partial charge in [0.1, 0.15) is 0 Å². The maximum absolute atomic E-state index is 6.76. The fourth-order valence-electron chi connectivity index (χ4n) is 2.63. The predicted octanol–water partition coefficient (Wildman–Crippen LogP) is 7.23. The first-order valence-corrected chi connectivity index (χ1v) is 15.7. The lowest BCUT2D eigenvalue weighted by molar-refractivity contribution is 0.132. The average molecular weight is 395 g/mol. The Morgan fingerprint density at radius 1 is 0.846 bits per heavy atom. The Hall–Kier alpha value is -0.426. The van der Waals surface area contributed by atoms with Crippen molar-refractivity contribution in [2.45, 2.75) is 103 Å². The quantitative estimate of drug-likeness (QED) is 0.361. The number of hydrogen-bond acceptors (Lipinski definition) is 2. The summed E-state index contributed by atoms with van der Waals surface area (Å²) >= 11 is 0. The first kappa shape index (κ1) is 23.6. The van der Waals surface area contributed by atoms with Crippen LogP contribution >= 0.6 is 0 Å². The Labute approximate surface area is 165 Å². The predicted molar refractivity (Wildman–Crippen MR) is 121 cm³/mol. The molecular weight excluding hydrogens is 352 g/mol. The van der Waals surface area contributed by atoms with Crippen molar-refractivity contribution in [3.05, 3.63) is 36.5 Å². The van der Waals surface area contributed by atoms with Crippen molar-refractivity contribution in [2.24, 2.45) is 0 Å². The van der Waals surface area contributed by atoms with Gasteiger partial charge in [-0.05, 0) is 54.7 Å². The largest absolute Gasteiger partial charge is 0.410 e. The van der Waals surface area contributed by atoms with Crippen LogP contribution in [0.1, 0.15) is 54.4 Å². The molecule has 0 aromatic rings. The second-order valence-electron chi connectivity index (χ2n) is 10.8. The van der Waals surface area contributed by atoms with Gasteiger partial charge in [0, 0.05) is 0 Å². The van der Waals surface area contributed by atoms with Gasteiger partial charge in [-0.15, -0.1) is 0 Å². The molecule has 1 aliphatic carbocycles. The summed E-state index contributed by atoms with van der Waals surface area (Å²) in [6, 6.07) is 0. The van der Waals surface area contributed by atoms with Crippen molar-refractivity contribution in [3.63, 3.8) is 0 Å². The van der Waals surface area contributed by atoms with E-state index in [1.807, 2.05) is 6.08 Å². The highest BCUT2D eigenvalue weighted by Gasteiger charge is 2.44. The van der Waals surface area contributed by atoms with E-state index in [2.05, 4.69) is 87.0 Å². The summed E-state index contributed by atoms with van der Waals surface area (Å²) in [4.78, 5) is 0. The Bertz CT molecular complexity index is 518. The Kier molecular flexibility index (Phi) is 7.18. The van der Waals surface area contributed by atoms with Crippen molar-refractivity contribution >= 4 is 16.6 Å². The lowest BCUT2D eigenvalue weighted by atomic mass is 9.86. The Morgan fingerprint density at radius 2 is 1.19 bits per heavy atom. The monoisotopic (exact) mass is 394 g/mol. The molecule has 150 valence electrons. The van der Waals surface area contributed by atoms with Crippen molar-refractivity contribution in [1.29, 1.82) is 0 Å². The molecule has 1 unspecified atom stereocenters. The van der Waals surface area contributed by atoms with E-state index in [1.54, 1.807) is 0 Å². The van der Waals surface area contributed by atoms with Gasteiger partial charge in [0.15, 0.2) is 16.6 Å². The topological polar surface area (TPSA) is 18.5 Å². The maximum atomic E-state index is 6.76. The van der Waals surface area contributed by atoms with E-state index in [-0.39, 0.29) is 22.3 Å². The molecule has 1 saturated carbocycles. The van der Waals surface area contributed by atoms with Gasteiger partial charge >= 0.3 is 0 Å². The van der Waals surface area contributed by atoms with Crippen LogP contribution in [-0.4, -0.2) is 28.8 Å². The van der Waals surface area contributed by atoms with Crippen LogP contribution in [0.25, 0.3) is 0 Å². The first-order chi connectivity index (χ1) is 11.5. The molecule has 0 amide bonds. The fourth-order valence-corrected chi connectivity index (χ4v) is 5.23. The van der Waals surface area contributed by atoms with Crippen LogP contribution in [0.15, 0.2) is 36.5 Å². The van der Waals surface area contributed by atoms with Crippen LogP contribution in [0.4, 0.5) is 0 Å². The third-order valence-corrected chi connectivity index (χ3v) is 15.5. The minimum Gasteiger partial charge on any atom is -0.410 e. The average Bonchev–Trinajstić information content (AvgIpc) is 2.41. The fraction of sp³-hybridized carbons (Fsp3) is 0.727. The molecule has 0 bridgehead atoms. The van der Waals surface area contributed by atoms with Crippen LogP contribution in [0.5, 0.6) is 0 Å². The van der Waals surface area contributed by atoms with Crippen LogP contribution in [0.3, 0.4) is 0 Å². The molecule has 0 radical (unpaired) electrons. The smallest absolute Gasteiger partial charge is 0.192 e. The summed E-state index contributed by atoms with van der Waals surface area (Å²) < 4.78 is 13.5. The normalized spacial score (nSPS) is 24.8. The van der Waals surface area contributed by atoms with E-state index in [1.165, 1.54) is 5.57 Å². The molecule has 1 rings (SSSR count). The molecule has 0 saturated heterocycles. The van der Waals surface area contributed by atoms with Gasteiger partial charge in [-0.1, -0.05) is 72.4 Å². The third kappa shape index (κ3) is 5.54. The summed E-state index contributed by atoms with van der Waals surface area (Å²) in [6.07, 6.45) is 5.94. The molecule has 26 heavy (non-hydrogen) atoms. The SMILES string of the molecule is C=C/C=C1/CC(O[Si](C)(C)C(C)(C)C)C(=C)[C@H](O[Si](C)(C)C(C)(C)C)C1. The van der Waals surface area contributed by atoms with E-state index in [4.69, 9.17) is 8.85 Å². The minimum absolute atomic E-state index is 0.0469. The molecule has 1 fully saturated rings. The summed E-state index contributed by atoms with van der Waals surface area (Å²) in [7, 11) is -3.74. The van der Waals surface area contributed by atoms with Crippen LogP contribution in [0.2, 0.25) is 36.3 Å². The van der Waals surface area contributed by atoms with E-state index < -0.39 is 16.6 Å². The molecule has 0 aromatic heterocycles. The van der Waals surface area contributed by atoms with Gasteiger partial charge in [0.25, 0.3) is 0 Å². The van der Waals surface area contributed by atoms with Crippen molar-refractivity contribution in [3.8, 4) is 0 Å². The highest BCUT2D eigenvalue weighted by atomic mass is 28.4. The van der Waals surface area contributed by atoms with Crippen LogP contribution < -0.4 is 0 Å². The maximum Gasteiger partial charge on any atom is 0.192 e. The standard InChI is InChI=1S/C22H42O2Si2/c1-13-14-18-15-19(23-25(9,10)21(3,4)5)17(2)20(16-18)24-26(11,12)22(6,7)8/h13-14,19-20H,1-2,15-16H2,3-12H3/b18-14-/t19?,20-/m1/s1. The van der Waals surface area contributed by atoms with E-state index in [9.17, 15) is 0 Å². The lowest BCUT2D eigenvalue weighted by Crippen LogP contribution is -2.49. The van der Waals surface area contributed by atoms with Gasteiger partial charge in [-0.3, -0.25) is 0 Å². The molecule has 4 heteroatoms. The number of hydrogen-bond donors (Lipinski definition) is 0. The first-order valence-electron chi connectivity index (χ1n) is 9.86. The van der Waals surface area contributed by atoms with Gasteiger partial charge in [0.05, 0.1) is 12.2 Å². The molecule has 0 N–H and O–H groups in total. The molecule has 2 nitrogen and oxygen atoms in total. The second-order valence-corrected chi connectivity index (χ2v) is 20.3. The zero-order valence-corrected chi connectivity index (χ0v) is 21.0. The molecule has 0 spiro atoms.